The molecule has 1 atom stereocenters. The van der Waals surface area contributed by atoms with E-state index in [1.54, 1.807) is 7.11 Å². The van der Waals surface area contributed by atoms with E-state index in [4.69, 9.17) is 9.47 Å². The molecule has 0 aromatic heterocycles. The van der Waals surface area contributed by atoms with Gasteiger partial charge in [-0.2, -0.15) is 0 Å². The average Bonchev–Trinajstić information content (AvgIpc) is 2.36. The molecule has 1 aliphatic rings. The van der Waals surface area contributed by atoms with Crippen LogP contribution in [0.2, 0.25) is 0 Å². The molecule has 17 heavy (non-hydrogen) atoms. The summed E-state index contributed by atoms with van der Waals surface area (Å²) >= 11 is 0. The maximum Gasteiger partial charge on any atom is 0.0534 e. The molecule has 1 N–H and O–H groups in total. The van der Waals surface area contributed by atoms with Crippen LogP contribution in [0.25, 0.3) is 0 Å². The number of nitrogens with one attached hydrogen (secondary N) is 1. The summed E-state index contributed by atoms with van der Waals surface area (Å²) < 4.78 is 10.8. The molecule has 0 saturated carbocycles. The highest BCUT2D eigenvalue weighted by atomic mass is 16.5. The Morgan fingerprint density at radius 3 is 2.88 bits per heavy atom. The number of hydrogen-bond donors (Lipinski definition) is 1. The summed E-state index contributed by atoms with van der Waals surface area (Å²) in [7, 11) is 1.78. The SMILES string of the molecule is CCCNCC1(CCCCOC)CCCOC1. The van der Waals surface area contributed by atoms with Gasteiger partial charge < -0.3 is 14.8 Å². The lowest BCUT2D eigenvalue weighted by Gasteiger charge is -2.37. The van der Waals surface area contributed by atoms with Crippen LogP contribution in [0.1, 0.15) is 45.4 Å². The van der Waals surface area contributed by atoms with Crippen LogP contribution in [0.4, 0.5) is 0 Å². The van der Waals surface area contributed by atoms with Crippen molar-refractivity contribution < 1.29 is 9.47 Å². The molecule has 1 saturated heterocycles. The fourth-order valence-corrected chi connectivity index (χ4v) is 2.61. The first kappa shape index (κ1) is 14.9. The molecule has 1 aliphatic heterocycles. The lowest BCUT2D eigenvalue weighted by molar-refractivity contribution is -0.0138. The molecular weight excluding hydrogens is 214 g/mol. The van der Waals surface area contributed by atoms with E-state index >= 15 is 0 Å². The smallest absolute Gasteiger partial charge is 0.0534 e. The van der Waals surface area contributed by atoms with Crippen molar-refractivity contribution in [3.8, 4) is 0 Å². The minimum atomic E-state index is 0.390. The molecule has 0 amide bonds. The number of unbranched alkanes of at least 4 members (excludes halogenated alkanes) is 1. The van der Waals surface area contributed by atoms with E-state index in [0.717, 1.165) is 32.9 Å². The molecule has 102 valence electrons. The lowest BCUT2D eigenvalue weighted by atomic mass is 9.78. The topological polar surface area (TPSA) is 30.5 Å². The predicted octanol–water partition coefficient (Wildman–Crippen LogP) is 2.60. The average molecular weight is 243 g/mol. The van der Waals surface area contributed by atoms with Crippen LogP contribution in [0.15, 0.2) is 0 Å². The number of methoxy groups -OCH3 is 1. The maximum atomic E-state index is 5.70. The predicted molar refractivity (Wildman–Crippen MR) is 71.4 cm³/mol. The van der Waals surface area contributed by atoms with E-state index in [1.165, 1.54) is 38.5 Å². The summed E-state index contributed by atoms with van der Waals surface area (Å²) in [5.41, 5.74) is 0.390. The largest absolute Gasteiger partial charge is 0.385 e. The highest BCUT2D eigenvalue weighted by Gasteiger charge is 2.31. The zero-order valence-electron chi connectivity index (χ0n) is 11.6. The third-order valence-corrected chi connectivity index (χ3v) is 3.64. The third-order valence-electron chi connectivity index (χ3n) is 3.64. The van der Waals surface area contributed by atoms with Crippen LogP contribution in [0.5, 0.6) is 0 Å². The van der Waals surface area contributed by atoms with Crippen molar-refractivity contribution in [2.24, 2.45) is 5.41 Å². The molecule has 0 aliphatic carbocycles. The molecule has 0 aromatic carbocycles. The first-order valence-electron chi connectivity index (χ1n) is 7.10. The molecule has 3 nitrogen and oxygen atoms in total. The summed E-state index contributed by atoms with van der Waals surface area (Å²) in [6.07, 6.45) is 7.44. The quantitative estimate of drug-likeness (QED) is 0.631. The normalized spacial score (nSPS) is 25.1. The Hall–Kier alpha value is -0.120. The van der Waals surface area contributed by atoms with E-state index < -0.39 is 0 Å². The van der Waals surface area contributed by atoms with Crippen molar-refractivity contribution in [2.45, 2.75) is 45.4 Å². The Balaban J connectivity index is 2.29. The minimum absolute atomic E-state index is 0.390. The first-order valence-corrected chi connectivity index (χ1v) is 7.10. The van der Waals surface area contributed by atoms with Crippen molar-refractivity contribution in [3.63, 3.8) is 0 Å². The van der Waals surface area contributed by atoms with Crippen molar-refractivity contribution in [3.05, 3.63) is 0 Å². The summed E-state index contributed by atoms with van der Waals surface area (Å²) in [5.74, 6) is 0. The van der Waals surface area contributed by atoms with Crippen molar-refractivity contribution >= 4 is 0 Å². The monoisotopic (exact) mass is 243 g/mol. The van der Waals surface area contributed by atoms with Gasteiger partial charge >= 0.3 is 0 Å². The summed E-state index contributed by atoms with van der Waals surface area (Å²) in [6, 6.07) is 0. The molecule has 0 bridgehead atoms. The highest BCUT2D eigenvalue weighted by Crippen LogP contribution is 2.33. The van der Waals surface area contributed by atoms with E-state index in [-0.39, 0.29) is 0 Å². The fourth-order valence-electron chi connectivity index (χ4n) is 2.61. The van der Waals surface area contributed by atoms with Gasteiger partial charge in [0.2, 0.25) is 0 Å². The van der Waals surface area contributed by atoms with Crippen molar-refractivity contribution in [1.82, 2.24) is 5.32 Å². The maximum absolute atomic E-state index is 5.70. The van der Waals surface area contributed by atoms with Crippen LogP contribution < -0.4 is 5.32 Å². The minimum Gasteiger partial charge on any atom is -0.385 e. The zero-order valence-corrected chi connectivity index (χ0v) is 11.6. The van der Waals surface area contributed by atoms with E-state index in [9.17, 15) is 0 Å². The van der Waals surface area contributed by atoms with Gasteiger partial charge in [-0.3, -0.25) is 0 Å². The Morgan fingerprint density at radius 1 is 1.35 bits per heavy atom. The molecule has 3 heteroatoms. The zero-order chi connectivity index (χ0) is 12.4. The Kier molecular flexibility index (Phi) is 7.82. The standard InChI is InChI=1S/C14H29NO2/c1-3-9-15-12-14(7-4-5-10-16-2)8-6-11-17-13-14/h15H,3-13H2,1-2H3. The van der Waals surface area contributed by atoms with Crippen LogP contribution in [-0.4, -0.2) is 40.0 Å². The van der Waals surface area contributed by atoms with Gasteiger partial charge in [-0.05, 0) is 38.6 Å². The molecule has 0 radical (unpaired) electrons. The summed E-state index contributed by atoms with van der Waals surface area (Å²) in [6.45, 7) is 7.24. The summed E-state index contributed by atoms with van der Waals surface area (Å²) in [4.78, 5) is 0. The molecule has 1 heterocycles. The molecule has 0 spiro atoms. The Bertz CT molecular complexity index is 179. The van der Waals surface area contributed by atoms with Gasteiger partial charge in [0.05, 0.1) is 6.61 Å². The first-order chi connectivity index (χ1) is 8.33. The highest BCUT2D eigenvalue weighted by molar-refractivity contribution is 4.84. The molecule has 0 aromatic rings. The summed E-state index contributed by atoms with van der Waals surface area (Å²) in [5, 5.41) is 3.58. The Labute approximate surface area is 106 Å². The number of hydrogen-bond acceptors (Lipinski definition) is 3. The van der Waals surface area contributed by atoms with Crippen LogP contribution in [0, 0.1) is 5.41 Å². The van der Waals surface area contributed by atoms with Gasteiger partial charge in [-0.1, -0.05) is 13.3 Å². The van der Waals surface area contributed by atoms with Crippen molar-refractivity contribution in [1.29, 1.82) is 0 Å². The van der Waals surface area contributed by atoms with Gasteiger partial charge in [-0.15, -0.1) is 0 Å². The van der Waals surface area contributed by atoms with E-state index in [1.807, 2.05) is 0 Å². The Morgan fingerprint density at radius 2 is 2.24 bits per heavy atom. The third kappa shape index (κ3) is 5.84. The van der Waals surface area contributed by atoms with E-state index in [0.29, 0.717) is 5.41 Å². The second-order valence-corrected chi connectivity index (χ2v) is 5.28. The second-order valence-electron chi connectivity index (χ2n) is 5.28. The van der Waals surface area contributed by atoms with Gasteiger partial charge in [0.15, 0.2) is 0 Å². The lowest BCUT2D eigenvalue weighted by Crippen LogP contribution is -2.41. The molecule has 1 fully saturated rings. The van der Waals surface area contributed by atoms with Crippen molar-refractivity contribution in [2.75, 3.05) is 40.0 Å². The second kappa shape index (κ2) is 8.90. The van der Waals surface area contributed by atoms with E-state index in [2.05, 4.69) is 12.2 Å². The fraction of sp³-hybridized carbons (Fsp3) is 1.00. The molecule has 1 rings (SSSR count). The number of rotatable bonds is 9. The van der Waals surface area contributed by atoms with Crippen LogP contribution in [0.3, 0.4) is 0 Å². The van der Waals surface area contributed by atoms with Gasteiger partial charge in [0.1, 0.15) is 0 Å². The van der Waals surface area contributed by atoms with Crippen LogP contribution in [-0.2, 0) is 9.47 Å². The van der Waals surface area contributed by atoms with Gasteiger partial charge in [0.25, 0.3) is 0 Å². The molecular formula is C14H29NO2. The molecule has 1 unspecified atom stereocenters. The van der Waals surface area contributed by atoms with Gasteiger partial charge in [0, 0.05) is 32.3 Å². The number of ether oxygens (including phenoxy) is 2. The van der Waals surface area contributed by atoms with Crippen LogP contribution >= 0.6 is 0 Å². The van der Waals surface area contributed by atoms with Gasteiger partial charge in [-0.25, -0.2) is 0 Å².